The van der Waals surface area contributed by atoms with Gasteiger partial charge in [0.1, 0.15) is 5.69 Å². The van der Waals surface area contributed by atoms with E-state index in [0.29, 0.717) is 42.6 Å². The molecule has 1 aliphatic carbocycles. The van der Waals surface area contributed by atoms with Gasteiger partial charge in [-0.15, -0.1) is 0 Å². The van der Waals surface area contributed by atoms with Crippen molar-refractivity contribution in [2.45, 2.75) is 58.1 Å². The smallest absolute Gasteiger partial charge is 0.291 e. The maximum Gasteiger partial charge on any atom is 0.291 e. The molecule has 0 atom stereocenters. The van der Waals surface area contributed by atoms with E-state index in [9.17, 15) is 9.90 Å². The maximum atomic E-state index is 12.4. The molecule has 0 saturated heterocycles. The highest BCUT2D eigenvalue weighted by molar-refractivity contribution is 6.32. The molecule has 21 heavy (non-hydrogen) atoms. The minimum absolute atomic E-state index is 0.205. The Morgan fingerprint density at radius 1 is 1.48 bits per heavy atom. The summed E-state index contributed by atoms with van der Waals surface area (Å²) in [4.78, 5) is 12.4. The minimum Gasteiger partial charge on any atom is -0.388 e. The Balaban J connectivity index is 2.14. The molecule has 0 aromatic carbocycles. The predicted octanol–water partition coefficient (Wildman–Crippen LogP) is 2.66. The van der Waals surface area contributed by atoms with Crippen LogP contribution in [0.3, 0.4) is 0 Å². The van der Waals surface area contributed by atoms with Gasteiger partial charge in [0.25, 0.3) is 5.56 Å². The van der Waals surface area contributed by atoms with Gasteiger partial charge in [-0.25, -0.2) is 4.68 Å². The molecule has 0 unspecified atom stereocenters. The molecule has 1 aliphatic rings. The Bertz CT molecular complexity index is 536. The molecule has 1 aromatic heterocycles. The van der Waals surface area contributed by atoms with Crippen LogP contribution >= 0.6 is 11.6 Å². The molecule has 1 heterocycles. The van der Waals surface area contributed by atoms with E-state index in [1.54, 1.807) is 0 Å². The fourth-order valence-electron chi connectivity index (χ4n) is 2.43. The Kier molecular flexibility index (Phi) is 5.27. The summed E-state index contributed by atoms with van der Waals surface area (Å²) in [6.07, 6.45) is 6.29. The highest BCUT2D eigenvalue weighted by Crippen LogP contribution is 2.27. The normalized spacial score (nSPS) is 15.8. The number of nitrogens with zero attached hydrogens (tertiary/aromatic N) is 2. The molecule has 0 amide bonds. The van der Waals surface area contributed by atoms with Gasteiger partial charge in [-0.1, -0.05) is 31.9 Å². The molecular formula is C15H24ClN3O2. The van der Waals surface area contributed by atoms with Gasteiger partial charge in [0, 0.05) is 13.1 Å². The lowest BCUT2D eigenvalue weighted by molar-refractivity contribution is 0.0457. The minimum atomic E-state index is -0.822. The molecule has 0 bridgehead atoms. The zero-order valence-corrected chi connectivity index (χ0v) is 13.5. The number of anilines is 1. The fraction of sp³-hybridized carbons (Fsp3) is 0.733. The first kappa shape index (κ1) is 16.3. The number of aliphatic hydroxyl groups is 1. The summed E-state index contributed by atoms with van der Waals surface area (Å²) < 4.78 is 1.48. The van der Waals surface area contributed by atoms with Crippen molar-refractivity contribution in [3.8, 4) is 0 Å². The van der Waals surface area contributed by atoms with Crippen LogP contribution in [0.4, 0.5) is 5.69 Å². The standard InChI is InChI=1S/C15H24ClN3O2/c1-3-15(21,4-2)10-17-13-12(16)8-18-19(14(13)20)9-11-6-5-7-11/h8,11,17,21H,3-7,9-10H2,1-2H3. The summed E-state index contributed by atoms with van der Waals surface area (Å²) in [6, 6.07) is 0. The second kappa shape index (κ2) is 6.79. The van der Waals surface area contributed by atoms with Gasteiger partial charge in [-0.05, 0) is 31.6 Å². The summed E-state index contributed by atoms with van der Waals surface area (Å²) >= 11 is 6.08. The van der Waals surface area contributed by atoms with E-state index in [0.717, 1.165) is 12.8 Å². The number of hydrogen-bond acceptors (Lipinski definition) is 4. The van der Waals surface area contributed by atoms with E-state index < -0.39 is 5.60 Å². The van der Waals surface area contributed by atoms with Gasteiger partial charge < -0.3 is 10.4 Å². The summed E-state index contributed by atoms with van der Waals surface area (Å²) in [6.45, 7) is 4.81. The molecule has 6 heteroatoms. The van der Waals surface area contributed by atoms with Gasteiger partial charge in [-0.3, -0.25) is 4.79 Å². The molecule has 1 aromatic rings. The van der Waals surface area contributed by atoms with E-state index in [1.165, 1.54) is 17.3 Å². The van der Waals surface area contributed by atoms with E-state index >= 15 is 0 Å². The van der Waals surface area contributed by atoms with Crippen LogP contribution in [0.1, 0.15) is 46.0 Å². The van der Waals surface area contributed by atoms with Crippen molar-refractivity contribution in [2.75, 3.05) is 11.9 Å². The molecular weight excluding hydrogens is 290 g/mol. The second-order valence-electron chi connectivity index (χ2n) is 5.94. The van der Waals surface area contributed by atoms with Crippen molar-refractivity contribution in [3.63, 3.8) is 0 Å². The van der Waals surface area contributed by atoms with Gasteiger partial charge in [0.2, 0.25) is 0 Å². The summed E-state index contributed by atoms with van der Waals surface area (Å²) in [5.74, 6) is 0.549. The number of nitrogens with one attached hydrogen (secondary N) is 1. The highest BCUT2D eigenvalue weighted by atomic mass is 35.5. The van der Waals surface area contributed by atoms with Crippen LogP contribution in [-0.2, 0) is 6.54 Å². The van der Waals surface area contributed by atoms with Crippen molar-refractivity contribution in [3.05, 3.63) is 21.6 Å². The molecule has 5 nitrogen and oxygen atoms in total. The first-order valence-electron chi connectivity index (χ1n) is 7.71. The number of rotatable bonds is 7. The van der Waals surface area contributed by atoms with Gasteiger partial charge >= 0.3 is 0 Å². The highest BCUT2D eigenvalue weighted by Gasteiger charge is 2.24. The van der Waals surface area contributed by atoms with Crippen molar-refractivity contribution in [1.82, 2.24) is 9.78 Å². The maximum absolute atomic E-state index is 12.4. The largest absolute Gasteiger partial charge is 0.388 e. The first-order valence-corrected chi connectivity index (χ1v) is 8.08. The number of halogens is 1. The van der Waals surface area contributed by atoms with Crippen molar-refractivity contribution in [2.24, 2.45) is 5.92 Å². The quantitative estimate of drug-likeness (QED) is 0.812. The molecule has 2 rings (SSSR count). The van der Waals surface area contributed by atoms with Crippen LogP contribution < -0.4 is 10.9 Å². The van der Waals surface area contributed by atoms with Crippen LogP contribution in [0.5, 0.6) is 0 Å². The molecule has 1 saturated carbocycles. The Morgan fingerprint density at radius 3 is 2.67 bits per heavy atom. The van der Waals surface area contributed by atoms with Crippen LogP contribution in [0.25, 0.3) is 0 Å². The average molecular weight is 314 g/mol. The Morgan fingerprint density at radius 2 is 2.14 bits per heavy atom. The lowest BCUT2D eigenvalue weighted by Gasteiger charge is -2.27. The topological polar surface area (TPSA) is 67.2 Å². The van der Waals surface area contributed by atoms with Crippen molar-refractivity contribution >= 4 is 17.3 Å². The lowest BCUT2D eigenvalue weighted by Crippen LogP contribution is -2.38. The summed E-state index contributed by atoms with van der Waals surface area (Å²) in [5, 5.41) is 17.7. The van der Waals surface area contributed by atoms with Crippen LogP contribution in [0.15, 0.2) is 11.0 Å². The van der Waals surface area contributed by atoms with Crippen LogP contribution in [0, 0.1) is 5.92 Å². The van der Waals surface area contributed by atoms with Gasteiger partial charge in [0.05, 0.1) is 16.8 Å². The number of hydrogen-bond donors (Lipinski definition) is 2. The van der Waals surface area contributed by atoms with Gasteiger partial charge in [-0.2, -0.15) is 5.10 Å². The van der Waals surface area contributed by atoms with E-state index in [2.05, 4.69) is 10.4 Å². The van der Waals surface area contributed by atoms with Crippen LogP contribution in [-0.4, -0.2) is 27.0 Å². The monoisotopic (exact) mass is 313 g/mol. The molecule has 0 radical (unpaired) electrons. The third-order valence-electron chi connectivity index (χ3n) is 4.56. The lowest BCUT2D eigenvalue weighted by atomic mass is 9.85. The predicted molar refractivity (Wildman–Crippen MR) is 84.9 cm³/mol. The van der Waals surface area contributed by atoms with E-state index in [1.807, 2.05) is 13.8 Å². The van der Waals surface area contributed by atoms with Crippen molar-refractivity contribution in [1.29, 1.82) is 0 Å². The molecule has 0 spiro atoms. The van der Waals surface area contributed by atoms with E-state index in [4.69, 9.17) is 11.6 Å². The Labute approximate surface area is 130 Å². The fourth-order valence-corrected chi connectivity index (χ4v) is 2.62. The third-order valence-corrected chi connectivity index (χ3v) is 4.85. The first-order chi connectivity index (χ1) is 9.99. The average Bonchev–Trinajstić information content (AvgIpc) is 2.44. The van der Waals surface area contributed by atoms with E-state index in [-0.39, 0.29) is 5.56 Å². The Hall–Kier alpha value is -1.07. The zero-order valence-electron chi connectivity index (χ0n) is 12.7. The van der Waals surface area contributed by atoms with Gasteiger partial charge in [0.15, 0.2) is 0 Å². The zero-order chi connectivity index (χ0) is 15.5. The SMILES string of the molecule is CCC(O)(CC)CNc1c(Cl)cnn(CC2CCC2)c1=O. The number of aromatic nitrogens is 2. The molecule has 1 fully saturated rings. The molecule has 2 N–H and O–H groups in total. The third kappa shape index (κ3) is 3.77. The summed E-state index contributed by atoms with van der Waals surface area (Å²) in [7, 11) is 0. The van der Waals surface area contributed by atoms with Crippen LogP contribution in [0.2, 0.25) is 5.02 Å². The molecule has 118 valence electrons. The second-order valence-corrected chi connectivity index (χ2v) is 6.34. The van der Waals surface area contributed by atoms with Crippen molar-refractivity contribution < 1.29 is 5.11 Å². The molecule has 0 aliphatic heterocycles. The summed E-state index contributed by atoms with van der Waals surface area (Å²) in [5.41, 5.74) is -0.687.